The van der Waals surface area contributed by atoms with Crippen molar-refractivity contribution in [2.75, 3.05) is 6.61 Å². The Kier molecular flexibility index (Phi) is 10.3. The van der Waals surface area contributed by atoms with E-state index in [1.165, 1.54) is 24.3 Å². The van der Waals surface area contributed by atoms with E-state index in [-0.39, 0.29) is 23.5 Å². The molecule has 0 unspecified atom stereocenters. The fraction of sp³-hybridized carbons (Fsp3) is 0.393. The maximum Gasteiger partial charge on any atom is 0.303 e. The lowest BCUT2D eigenvalue weighted by Gasteiger charge is -2.43. The zero-order chi connectivity index (χ0) is 30.3. The minimum atomic E-state index is -1.51. The Balaban J connectivity index is 1.90. The van der Waals surface area contributed by atoms with Crippen LogP contribution in [-0.2, 0) is 49.3 Å². The molecule has 13 heteroatoms. The van der Waals surface area contributed by atoms with Crippen LogP contribution < -0.4 is 4.74 Å². The van der Waals surface area contributed by atoms with Crippen LogP contribution in [0.3, 0.4) is 0 Å². The molecule has 1 aliphatic rings. The van der Waals surface area contributed by atoms with E-state index < -0.39 is 72.7 Å². The van der Waals surface area contributed by atoms with Gasteiger partial charge in [0.1, 0.15) is 30.0 Å². The molecule has 2 aromatic rings. The van der Waals surface area contributed by atoms with Gasteiger partial charge in [0, 0.05) is 40.2 Å². The lowest BCUT2D eigenvalue weighted by Crippen LogP contribution is -2.63. The van der Waals surface area contributed by atoms with Gasteiger partial charge in [-0.05, 0) is 29.8 Å². The molecular weight excluding hydrogens is 544 g/mol. The molecule has 5 atom stereocenters. The number of carbonyl (C=O) groups excluding carboxylic acids is 5. The third-order valence-corrected chi connectivity index (χ3v) is 5.77. The average Bonchev–Trinajstić information content (AvgIpc) is 2.87. The van der Waals surface area contributed by atoms with Crippen LogP contribution in [0.25, 0.3) is 0 Å². The summed E-state index contributed by atoms with van der Waals surface area (Å²) in [5.41, 5.74) is 0.608. The summed E-state index contributed by atoms with van der Waals surface area (Å²) in [7, 11) is 0. The number of hydrogen-bond acceptors (Lipinski definition) is 13. The SMILES string of the molecule is CC(=O)OC[C@H]1O[C@@H](Oc2ccc(C(=O)Cc3ccc(O)cc3)c(O)c2)[C@@H](OC(C)=O)[C@@H](OC(C)=O)[C@@H]1OC(C)=O. The van der Waals surface area contributed by atoms with E-state index in [1.54, 1.807) is 12.1 Å². The molecule has 3 rings (SSSR count). The summed E-state index contributed by atoms with van der Waals surface area (Å²) in [5.74, 6) is -3.85. The fourth-order valence-electron chi connectivity index (χ4n) is 4.13. The highest BCUT2D eigenvalue weighted by Crippen LogP contribution is 2.33. The van der Waals surface area contributed by atoms with Gasteiger partial charge < -0.3 is 38.6 Å². The minimum absolute atomic E-state index is 0.00744. The quantitative estimate of drug-likeness (QED) is 0.239. The van der Waals surface area contributed by atoms with Crippen molar-refractivity contribution in [1.29, 1.82) is 0 Å². The van der Waals surface area contributed by atoms with Crippen LogP contribution in [0.4, 0.5) is 0 Å². The summed E-state index contributed by atoms with van der Waals surface area (Å²) in [5, 5.41) is 20.0. The number of Topliss-reactive ketones (excluding diaryl/α,β-unsaturated/α-hetero) is 1. The normalized spacial score (nSPS) is 21.7. The predicted molar refractivity (Wildman–Crippen MR) is 137 cm³/mol. The first-order valence-electron chi connectivity index (χ1n) is 12.4. The van der Waals surface area contributed by atoms with Gasteiger partial charge in [0.25, 0.3) is 0 Å². The van der Waals surface area contributed by atoms with Crippen molar-refractivity contribution >= 4 is 29.7 Å². The van der Waals surface area contributed by atoms with Gasteiger partial charge in [0.05, 0.1) is 5.56 Å². The van der Waals surface area contributed by atoms with Gasteiger partial charge in [-0.3, -0.25) is 24.0 Å². The molecule has 0 amide bonds. The molecule has 0 radical (unpaired) electrons. The highest BCUT2D eigenvalue weighted by molar-refractivity contribution is 6.00. The van der Waals surface area contributed by atoms with E-state index >= 15 is 0 Å². The molecule has 1 fully saturated rings. The van der Waals surface area contributed by atoms with Gasteiger partial charge in [-0.1, -0.05) is 12.1 Å². The molecule has 13 nitrogen and oxygen atoms in total. The van der Waals surface area contributed by atoms with Crippen LogP contribution in [0, 0.1) is 0 Å². The molecule has 2 aromatic carbocycles. The number of phenolic OH excluding ortho intramolecular Hbond substituents is 2. The summed E-state index contributed by atoms with van der Waals surface area (Å²) in [4.78, 5) is 60.0. The molecule has 0 bridgehead atoms. The van der Waals surface area contributed by atoms with Crippen LogP contribution in [0.5, 0.6) is 17.2 Å². The van der Waals surface area contributed by atoms with Crippen LogP contribution >= 0.6 is 0 Å². The van der Waals surface area contributed by atoms with E-state index in [1.807, 2.05) is 0 Å². The molecule has 0 saturated carbocycles. The van der Waals surface area contributed by atoms with E-state index in [0.29, 0.717) is 5.56 Å². The second-order valence-electron chi connectivity index (χ2n) is 9.13. The van der Waals surface area contributed by atoms with Crippen molar-refractivity contribution in [2.24, 2.45) is 0 Å². The predicted octanol–water partition coefficient (Wildman–Crippen LogP) is 1.99. The van der Waals surface area contributed by atoms with Crippen molar-refractivity contribution in [3.63, 3.8) is 0 Å². The largest absolute Gasteiger partial charge is 0.508 e. The van der Waals surface area contributed by atoms with E-state index in [2.05, 4.69) is 0 Å². The number of esters is 4. The molecule has 1 heterocycles. The third-order valence-electron chi connectivity index (χ3n) is 5.77. The number of carbonyl (C=O) groups is 5. The van der Waals surface area contributed by atoms with Gasteiger partial charge in [0.2, 0.25) is 12.4 Å². The number of hydrogen-bond donors (Lipinski definition) is 2. The number of ether oxygens (including phenoxy) is 6. The van der Waals surface area contributed by atoms with Crippen molar-refractivity contribution < 1.29 is 62.6 Å². The van der Waals surface area contributed by atoms with Gasteiger partial charge in [-0.15, -0.1) is 0 Å². The molecule has 0 aromatic heterocycles. The molecule has 0 spiro atoms. The van der Waals surface area contributed by atoms with Crippen LogP contribution in [0.1, 0.15) is 43.6 Å². The van der Waals surface area contributed by atoms with Gasteiger partial charge in [0.15, 0.2) is 18.0 Å². The van der Waals surface area contributed by atoms with E-state index in [4.69, 9.17) is 28.4 Å². The lowest BCUT2D eigenvalue weighted by atomic mass is 9.98. The number of ketones is 1. The monoisotopic (exact) mass is 574 g/mol. The Morgan fingerprint density at radius 2 is 1.34 bits per heavy atom. The molecular formula is C28H30O13. The molecule has 1 aliphatic heterocycles. The highest BCUT2D eigenvalue weighted by atomic mass is 16.7. The minimum Gasteiger partial charge on any atom is -0.508 e. The summed E-state index contributed by atoms with van der Waals surface area (Å²) in [6, 6.07) is 9.84. The molecule has 2 N–H and O–H groups in total. The number of phenols is 2. The second-order valence-corrected chi connectivity index (χ2v) is 9.13. The highest BCUT2D eigenvalue weighted by Gasteiger charge is 2.53. The van der Waals surface area contributed by atoms with Crippen molar-refractivity contribution in [3.8, 4) is 17.2 Å². The molecule has 0 aliphatic carbocycles. The topological polar surface area (TPSA) is 181 Å². The smallest absolute Gasteiger partial charge is 0.303 e. The first kappa shape index (κ1) is 30.9. The summed E-state index contributed by atoms with van der Waals surface area (Å²) in [6.07, 6.45) is -7.02. The zero-order valence-corrected chi connectivity index (χ0v) is 22.7. The molecule has 1 saturated heterocycles. The van der Waals surface area contributed by atoms with E-state index in [9.17, 15) is 34.2 Å². The number of benzene rings is 2. The van der Waals surface area contributed by atoms with Crippen LogP contribution in [-0.4, -0.2) is 77.2 Å². The lowest BCUT2D eigenvalue weighted by molar-refractivity contribution is -0.288. The first-order valence-corrected chi connectivity index (χ1v) is 12.4. The standard InChI is InChI=1S/C28H30O13/c1-14(29)36-13-24-25(37-15(2)30)26(38-16(3)31)27(39-17(4)32)28(41-24)40-20-9-10-21(23(35)12-20)22(34)11-18-5-7-19(33)8-6-18/h5-10,12,24-28,33,35H,11,13H2,1-4H3/t24-,25-,26+,27+,28-/m1/s1. The second kappa shape index (κ2) is 13.6. The number of rotatable bonds is 10. The average molecular weight is 575 g/mol. The van der Waals surface area contributed by atoms with Crippen LogP contribution in [0.15, 0.2) is 42.5 Å². The van der Waals surface area contributed by atoms with Gasteiger partial charge in [-0.2, -0.15) is 0 Å². The molecule has 41 heavy (non-hydrogen) atoms. The van der Waals surface area contributed by atoms with Crippen molar-refractivity contribution in [1.82, 2.24) is 0 Å². The third kappa shape index (κ3) is 8.67. The maximum absolute atomic E-state index is 12.8. The fourth-order valence-corrected chi connectivity index (χ4v) is 4.13. The molecule has 220 valence electrons. The Labute approximate surface area is 234 Å². The maximum atomic E-state index is 12.8. The Bertz CT molecular complexity index is 1290. The zero-order valence-electron chi connectivity index (χ0n) is 22.7. The van der Waals surface area contributed by atoms with Gasteiger partial charge in [-0.25, -0.2) is 0 Å². The Morgan fingerprint density at radius 1 is 0.756 bits per heavy atom. The number of aromatic hydroxyl groups is 2. The van der Waals surface area contributed by atoms with Crippen LogP contribution in [0.2, 0.25) is 0 Å². The Hall–Kier alpha value is -4.65. The van der Waals surface area contributed by atoms with Gasteiger partial charge >= 0.3 is 23.9 Å². The first-order chi connectivity index (χ1) is 19.3. The summed E-state index contributed by atoms with van der Waals surface area (Å²) >= 11 is 0. The van der Waals surface area contributed by atoms with Crippen molar-refractivity contribution in [3.05, 3.63) is 53.6 Å². The van der Waals surface area contributed by atoms with Crippen molar-refractivity contribution in [2.45, 2.75) is 64.8 Å². The summed E-state index contributed by atoms with van der Waals surface area (Å²) in [6.45, 7) is 4.00. The van der Waals surface area contributed by atoms with E-state index in [0.717, 1.165) is 33.8 Å². The summed E-state index contributed by atoms with van der Waals surface area (Å²) < 4.78 is 32.8. The Morgan fingerprint density at radius 3 is 1.90 bits per heavy atom.